The Hall–Kier alpha value is -2.81. The van der Waals surface area contributed by atoms with E-state index in [0.29, 0.717) is 41.3 Å². The van der Waals surface area contributed by atoms with Gasteiger partial charge in [0.15, 0.2) is 0 Å². The van der Waals surface area contributed by atoms with Crippen LogP contribution in [0.5, 0.6) is 5.75 Å². The molecule has 2 aliphatic carbocycles. The first kappa shape index (κ1) is 31.1. The number of alkyl carbamates (subject to hydrolysis) is 1. The second-order valence-electron chi connectivity index (χ2n) is 11.2. The van der Waals surface area contributed by atoms with E-state index in [-0.39, 0.29) is 25.1 Å². The van der Waals surface area contributed by atoms with Crippen LogP contribution < -0.4 is 20.7 Å². The normalized spacial score (nSPS) is 17.0. The molecule has 3 N–H and O–H groups in total. The Morgan fingerprint density at radius 3 is 2.51 bits per heavy atom. The van der Waals surface area contributed by atoms with Crippen molar-refractivity contribution in [3.05, 3.63) is 64.2 Å². The quantitative estimate of drug-likeness (QED) is 0.226. The van der Waals surface area contributed by atoms with Crippen LogP contribution in [0.2, 0.25) is 5.02 Å². The zero-order valence-corrected chi connectivity index (χ0v) is 25.0. The number of nitrogens with one attached hydrogen (secondary N) is 3. The highest BCUT2D eigenvalue weighted by Gasteiger charge is 2.25. The topological polar surface area (TPSA) is 97.9 Å². The number of rotatable bonds is 15. The number of carbonyl (C=O) groups is 2. The Labute approximate surface area is 248 Å². The van der Waals surface area contributed by atoms with Gasteiger partial charge in [-0.3, -0.25) is 4.79 Å². The molecule has 2 atom stereocenters. The van der Waals surface area contributed by atoms with E-state index in [9.17, 15) is 9.59 Å². The third-order valence-corrected chi connectivity index (χ3v) is 8.03. The van der Waals surface area contributed by atoms with Crippen molar-refractivity contribution in [2.45, 2.75) is 63.5 Å². The van der Waals surface area contributed by atoms with Crippen molar-refractivity contribution in [1.29, 1.82) is 0 Å². The van der Waals surface area contributed by atoms with E-state index in [2.05, 4.69) is 20.7 Å². The molecule has 2 saturated carbocycles. The van der Waals surface area contributed by atoms with Crippen LogP contribution in [-0.2, 0) is 9.47 Å². The minimum absolute atomic E-state index is 0.0412. The summed E-state index contributed by atoms with van der Waals surface area (Å²) in [5.41, 5.74) is 2.15. The maximum Gasteiger partial charge on any atom is 0.406 e. The summed E-state index contributed by atoms with van der Waals surface area (Å²) in [7, 11) is 3.24. The Balaban J connectivity index is 1.58. The first-order chi connectivity index (χ1) is 19.9. The number of likely N-dealkylation sites (N-methyl/N-ethyl adjacent to an activating group) is 1. The van der Waals surface area contributed by atoms with Crippen molar-refractivity contribution in [3.8, 4) is 5.75 Å². The van der Waals surface area contributed by atoms with Gasteiger partial charge >= 0.3 is 6.09 Å². The number of halogens is 1. The van der Waals surface area contributed by atoms with Gasteiger partial charge < -0.3 is 30.2 Å². The van der Waals surface area contributed by atoms with Crippen LogP contribution in [-0.4, -0.2) is 58.5 Å². The molecule has 8 nitrogen and oxygen atoms in total. The number of methoxy groups -OCH3 is 1. The van der Waals surface area contributed by atoms with Crippen molar-refractivity contribution >= 4 is 23.6 Å². The molecule has 0 aromatic heterocycles. The van der Waals surface area contributed by atoms with E-state index in [0.717, 1.165) is 17.5 Å². The molecule has 41 heavy (non-hydrogen) atoms. The van der Waals surface area contributed by atoms with Gasteiger partial charge in [-0.15, -0.1) is 0 Å². The fourth-order valence-electron chi connectivity index (χ4n) is 5.48. The van der Waals surface area contributed by atoms with Gasteiger partial charge in [0.2, 0.25) is 0 Å². The predicted octanol–water partition coefficient (Wildman–Crippen LogP) is 5.88. The summed E-state index contributed by atoms with van der Waals surface area (Å²) in [5.74, 6) is 1.72. The molecule has 2 aromatic carbocycles. The van der Waals surface area contributed by atoms with E-state index >= 15 is 0 Å². The molecule has 2 fully saturated rings. The number of amides is 2. The fourth-order valence-corrected chi connectivity index (χ4v) is 5.68. The van der Waals surface area contributed by atoms with Gasteiger partial charge in [0, 0.05) is 29.7 Å². The Morgan fingerprint density at radius 1 is 1.00 bits per heavy atom. The lowest BCUT2D eigenvalue weighted by Gasteiger charge is -2.27. The monoisotopic (exact) mass is 585 g/mol. The van der Waals surface area contributed by atoms with Crippen LogP contribution in [0.25, 0.3) is 0 Å². The second kappa shape index (κ2) is 16.0. The van der Waals surface area contributed by atoms with Gasteiger partial charge in [0.05, 0.1) is 20.3 Å². The highest BCUT2D eigenvalue weighted by molar-refractivity contribution is 6.30. The van der Waals surface area contributed by atoms with Gasteiger partial charge in [-0.2, -0.15) is 0 Å². The van der Waals surface area contributed by atoms with Gasteiger partial charge in [-0.05, 0) is 79.6 Å². The molecule has 2 unspecified atom stereocenters. The smallest absolute Gasteiger partial charge is 0.406 e. The molecule has 224 valence electrons. The van der Waals surface area contributed by atoms with Crippen LogP contribution in [0.4, 0.5) is 4.79 Å². The van der Waals surface area contributed by atoms with Crippen molar-refractivity contribution in [1.82, 2.24) is 16.0 Å². The summed E-state index contributed by atoms with van der Waals surface area (Å²) in [6.45, 7) is 1.84. The number of carbonyl (C=O) groups excluding carboxylic acids is 2. The molecule has 0 aliphatic heterocycles. The molecule has 0 heterocycles. The molecule has 2 amide bonds. The third kappa shape index (κ3) is 10.2. The van der Waals surface area contributed by atoms with Crippen molar-refractivity contribution < 1.29 is 23.8 Å². The highest BCUT2D eigenvalue weighted by Crippen LogP contribution is 2.34. The molecule has 0 spiro atoms. The summed E-state index contributed by atoms with van der Waals surface area (Å²) in [5, 5.41) is 9.77. The summed E-state index contributed by atoms with van der Waals surface area (Å²) in [4.78, 5) is 25.2. The Kier molecular flexibility index (Phi) is 12.1. The molecular formula is C32H44ClN3O5. The minimum atomic E-state index is -0.528. The second-order valence-corrected chi connectivity index (χ2v) is 11.7. The number of ether oxygens (including phenoxy) is 3. The number of hydrogen-bond acceptors (Lipinski definition) is 6. The maximum absolute atomic E-state index is 13.7. The molecule has 9 heteroatoms. The molecule has 4 rings (SSSR count). The highest BCUT2D eigenvalue weighted by atomic mass is 35.5. The Morgan fingerprint density at radius 2 is 1.80 bits per heavy atom. The van der Waals surface area contributed by atoms with E-state index in [1.807, 2.05) is 49.5 Å². The number of benzene rings is 2. The summed E-state index contributed by atoms with van der Waals surface area (Å²) in [6, 6.07) is 13.1. The van der Waals surface area contributed by atoms with E-state index in [4.69, 9.17) is 21.1 Å². The van der Waals surface area contributed by atoms with Crippen molar-refractivity contribution in [2.75, 3.05) is 40.5 Å². The molecule has 2 aliphatic rings. The average molecular weight is 586 g/mol. The summed E-state index contributed by atoms with van der Waals surface area (Å²) in [6.07, 6.45) is 8.57. The van der Waals surface area contributed by atoms with Gasteiger partial charge in [0.25, 0.3) is 5.91 Å². The molecular weight excluding hydrogens is 542 g/mol. The first-order valence-electron chi connectivity index (χ1n) is 14.9. The largest absolute Gasteiger partial charge is 0.493 e. The van der Waals surface area contributed by atoms with Gasteiger partial charge in [-0.1, -0.05) is 55.8 Å². The molecule has 0 bridgehead atoms. The first-order valence-corrected chi connectivity index (χ1v) is 15.2. The SMILES string of the molecule is CNCC(CC1CCCCC1)NC(=O)c1cc(OCC2CC2)cc(C(OCCNC(=O)OC)c2cccc(Cl)c2)c1. The summed E-state index contributed by atoms with van der Waals surface area (Å²) < 4.78 is 17.1. The standard InChI is InChI=1S/C32H44ClN3O5/c1-34-20-28(15-22-7-4-3-5-8-22)36-31(37)26-16-25(18-29(19-26)41-21-23-11-12-23)30(24-9-6-10-27(33)17-24)40-14-13-35-32(38)39-2/h6,9-10,16-19,22-23,28,30,34H,3-5,7-8,11-15,20-21H2,1-2H3,(H,35,38)(H,36,37). The van der Waals surface area contributed by atoms with E-state index < -0.39 is 12.2 Å². The van der Waals surface area contributed by atoms with Crippen molar-refractivity contribution in [3.63, 3.8) is 0 Å². The lowest BCUT2D eigenvalue weighted by molar-refractivity contribution is 0.0801. The predicted molar refractivity (Wildman–Crippen MR) is 161 cm³/mol. The Bertz CT molecular complexity index is 1140. The van der Waals surface area contributed by atoms with Crippen LogP contribution in [0.1, 0.15) is 79.0 Å². The lowest BCUT2D eigenvalue weighted by Crippen LogP contribution is -2.42. The molecule has 0 radical (unpaired) electrons. The van der Waals surface area contributed by atoms with Crippen LogP contribution >= 0.6 is 11.6 Å². The lowest BCUT2D eigenvalue weighted by atomic mass is 9.84. The van der Waals surface area contributed by atoms with E-state index in [1.165, 1.54) is 52.1 Å². The maximum atomic E-state index is 13.7. The third-order valence-electron chi connectivity index (χ3n) is 7.80. The molecule has 0 saturated heterocycles. The minimum Gasteiger partial charge on any atom is -0.493 e. The van der Waals surface area contributed by atoms with Crippen LogP contribution in [0.15, 0.2) is 42.5 Å². The molecule has 2 aromatic rings. The zero-order valence-electron chi connectivity index (χ0n) is 24.3. The average Bonchev–Trinajstić information content (AvgIpc) is 3.81. The fraction of sp³-hybridized carbons (Fsp3) is 0.562. The van der Waals surface area contributed by atoms with Crippen LogP contribution in [0.3, 0.4) is 0 Å². The van der Waals surface area contributed by atoms with Crippen molar-refractivity contribution in [2.24, 2.45) is 11.8 Å². The van der Waals surface area contributed by atoms with E-state index in [1.54, 1.807) is 0 Å². The van der Waals surface area contributed by atoms with Gasteiger partial charge in [-0.25, -0.2) is 4.79 Å². The number of hydrogen-bond donors (Lipinski definition) is 3. The van der Waals surface area contributed by atoms with Gasteiger partial charge in [0.1, 0.15) is 11.9 Å². The van der Waals surface area contributed by atoms with Crippen LogP contribution in [0, 0.1) is 11.8 Å². The zero-order chi connectivity index (χ0) is 29.0. The summed E-state index contributed by atoms with van der Waals surface area (Å²) >= 11 is 6.35.